The zero-order valence-electron chi connectivity index (χ0n) is 17.0. The van der Waals surface area contributed by atoms with Crippen molar-refractivity contribution >= 4 is 14.0 Å². The van der Waals surface area contributed by atoms with Crippen molar-refractivity contribution in [2.45, 2.75) is 51.1 Å². The van der Waals surface area contributed by atoms with Gasteiger partial charge in [0, 0.05) is 13.2 Å². The molecule has 0 aromatic heterocycles. The summed E-state index contributed by atoms with van der Waals surface area (Å²) in [4.78, 5) is 10.3. The Balaban J connectivity index is 2.54. The molecule has 0 aliphatic rings. The first-order valence-electron chi connectivity index (χ1n) is 8.86. The molecule has 27 heavy (non-hydrogen) atoms. The first-order valence-corrected chi connectivity index (χ1v) is 11.8. The summed E-state index contributed by atoms with van der Waals surface area (Å²) in [7, 11) is -0.384. The van der Waals surface area contributed by atoms with Gasteiger partial charge in [-0.25, -0.2) is 0 Å². The maximum atomic E-state index is 10.8. The highest BCUT2D eigenvalue weighted by Crippen LogP contribution is 2.36. The van der Waals surface area contributed by atoms with E-state index in [9.17, 15) is 15.2 Å². The molecule has 0 saturated carbocycles. The standard InChI is InChI=1S/C19H31NO6Si/c1-19(2,3)27(5,6)26-14-18(24-4)17(21)11-8-12-25-16-10-7-9-15(13-16)20(22)23/h7-11,13,17-18,21H,12,14H2,1-6H3/b11-8+/t17-,18+/m1/s1. The van der Waals surface area contributed by atoms with Crippen molar-refractivity contribution in [2.24, 2.45) is 0 Å². The van der Waals surface area contributed by atoms with Crippen LogP contribution in [0.2, 0.25) is 18.1 Å². The maximum absolute atomic E-state index is 10.8. The number of nitro groups is 1. The molecule has 152 valence electrons. The molecule has 0 amide bonds. The molecule has 0 bridgehead atoms. The number of rotatable bonds is 10. The second kappa shape index (κ2) is 9.98. The van der Waals surface area contributed by atoms with Crippen molar-refractivity contribution in [3.63, 3.8) is 0 Å². The number of nitrogens with zero attached hydrogens (tertiary/aromatic N) is 1. The smallest absolute Gasteiger partial charge is 0.273 e. The van der Waals surface area contributed by atoms with Gasteiger partial charge in [0.25, 0.3) is 5.69 Å². The molecule has 8 heteroatoms. The van der Waals surface area contributed by atoms with Crippen LogP contribution in [0.5, 0.6) is 5.75 Å². The lowest BCUT2D eigenvalue weighted by Gasteiger charge is -2.37. The zero-order chi connectivity index (χ0) is 20.7. The summed E-state index contributed by atoms with van der Waals surface area (Å²) in [6.07, 6.45) is 1.92. The molecule has 1 aromatic carbocycles. The molecular formula is C19H31NO6Si. The highest BCUT2D eigenvalue weighted by Gasteiger charge is 2.38. The molecule has 0 saturated heterocycles. The Bertz CT molecular complexity index is 641. The molecule has 1 aromatic rings. The van der Waals surface area contributed by atoms with E-state index in [4.69, 9.17) is 13.9 Å². The molecule has 0 aliphatic heterocycles. The summed E-state index contributed by atoms with van der Waals surface area (Å²) in [5, 5.41) is 21.1. The van der Waals surface area contributed by atoms with E-state index in [0.717, 1.165) is 0 Å². The highest BCUT2D eigenvalue weighted by molar-refractivity contribution is 6.74. The SMILES string of the molecule is CO[C@@H](CO[Si](C)(C)C(C)(C)C)[C@H](O)/C=C/COc1cccc([N+](=O)[O-])c1. The van der Waals surface area contributed by atoms with Crippen LogP contribution in [0.1, 0.15) is 20.8 Å². The topological polar surface area (TPSA) is 91.1 Å². The number of nitro benzene ring substituents is 1. The van der Waals surface area contributed by atoms with Crippen LogP contribution in [0.4, 0.5) is 5.69 Å². The van der Waals surface area contributed by atoms with E-state index in [0.29, 0.717) is 12.4 Å². The van der Waals surface area contributed by atoms with Crippen LogP contribution in [0.3, 0.4) is 0 Å². The summed E-state index contributed by atoms with van der Waals surface area (Å²) in [6, 6.07) is 5.96. The molecule has 0 aliphatic carbocycles. The molecule has 1 N–H and O–H groups in total. The van der Waals surface area contributed by atoms with Crippen molar-refractivity contribution in [3.8, 4) is 5.75 Å². The third-order valence-corrected chi connectivity index (χ3v) is 9.31. The van der Waals surface area contributed by atoms with Gasteiger partial charge >= 0.3 is 0 Å². The van der Waals surface area contributed by atoms with Gasteiger partial charge in [-0.1, -0.05) is 32.9 Å². The molecule has 0 fully saturated rings. The van der Waals surface area contributed by atoms with Gasteiger partial charge in [0.15, 0.2) is 8.32 Å². The van der Waals surface area contributed by atoms with Gasteiger partial charge in [0.2, 0.25) is 0 Å². The van der Waals surface area contributed by atoms with E-state index < -0.39 is 25.4 Å². The number of ether oxygens (including phenoxy) is 2. The third-order valence-electron chi connectivity index (χ3n) is 4.81. The van der Waals surface area contributed by atoms with Crippen molar-refractivity contribution in [3.05, 3.63) is 46.5 Å². The second-order valence-corrected chi connectivity index (χ2v) is 12.6. The lowest BCUT2D eigenvalue weighted by atomic mass is 10.2. The lowest BCUT2D eigenvalue weighted by Crippen LogP contribution is -2.44. The van der Waals surface area contributed by atoms with Crippen LogP contribution in [0.25, 0.3) is 0 Å². The number of aliphatic hydroxyl groups is 1. The van der Waals surface area contributed by atoms with Crippen LogP contribution in [-0.4, -0.2) is 50.9 Å². The van der Waals surface area contributed by atoms with Crippen LogP contribution < -0.4 is 4.74 Å². The van der Waals surface area contributed by atoms with Gasteiger partial charge in [-0.15, -0.1) is 0 Å². The molecule has 1 rings (SSSR count). The Morgan fingerprint density at radius 3 is 2.56 bits per heavy atom. The number of non-ortho nitro benzene ring substituents is 1. The zero-order valence-corrected chi connectivity index (χ0v) is 18.0. The number of methoxy groups -OCH3 is 1. The Kier molecular flexibility index (Phi) is 8.61. The minimum absolute atomic E-state index is 0.0289. The van der Waals surface area contributed by atoms with Gasteiger partial charge in [0.05, 0.1) is 17.6 Å². The first kappa shape index (κ1) is 23.3. The number of benzene rings is 1. The van der Waals surface area contributed by atoms with Crippen LogP contribution >= 0.6 is 0 Å². The van der Waals surface area contributed by atoms with Gasteiger partial charge < -0.3 is 19.0 Å². The van der Waals surface area contributed by atoms with E-state index in [1.807, 2.05) is 0 Å². The Hall–Kier alpha value is -1.74. The predicted octanol–water partition coefficient (Wildman–Crippen LogP) is 3.93. The molecule has 0 radical (unpaired) electrons. The van der Waals surface area contributed by atoms with Gasteiger partial charge in [-0.3, -0.25) is 10.1 Å². The van der Waals surface area contributed by atoms with Gasteiger partial charge in [-0.2, -0.15) is 0 Å². The minimum Gasteiger partial charge on any atom is -0.489 e. The Morgan fingerprint density at radius 1 is 1.33 bits per heavy atom. The largest absolute Gasteiger partial charge is 0.489 e. The maximum Gasteiger partial charge on any atom is 0.273 e. The van der Waals surface area contributed by atoms with E-state index in [1.165, 1.54) is 19.2 Å². The average molecular weight is 398 g/mol. The van der Waals surface area contributed by atoms with Crippen molar-refractivity contribution in [2.75, 3.05) is 20.3 Å². The average Bonchev–Trinajstić information content (AvgIpc) is 2.58. The molecule has 0 spiro atoms. The number of hydrogen-bond acceptors (Lipinski definition) is 6. The second-order valence-electron chi connectivity index (χ2n) is 7.83. The number of hydrogen-bond donors (Lipinski definition) is 1. The van der Waals surface area contributed by atoms with Gasteiger partial charge in [0.1, 0.15) is 24.6 Å². The van der Waals surface area contributed by atoms with Crippen molar-refractivity contribution in [1.82, 2.24) is 0 Å². The minimum atomic E-state index is -1.92. The van der Waals surface area contributed by atoms with Crippen molar-refractivity contribution in [1.29, 1.82) is 0 Å². The van der Waals surface area contributed by atoms with E-state index >= 15 is 0 Å². The number of aliphatic hydroxyl groups excluding tert-OH is 1. The van der Waals surface area contributed by atoms with Crippen LogP contribution in [0, 0.1) is 10.1 Å². The summed E-state index contributed by atoms with van der Waals surface area (Å²) in [6.45, 7) is 11.2. The monoisotopic (exact) mass is 397 g/mol. The first-order chi connectivity index (χ1) is 12.5. The predicted molar refractivity (Wildman–Crippen MR) is 108 cm³/mol. The normalized spacial score (nSPS) is 14.9. The quantitative estimate of drug-likeness (QED) is 0.278. The fraction of sp³-hybridized carbons (Fsp3) is 0.579. The van der Waals surface area contributed by atoms with E-state index in [2.05, 4.69) is 33.9 Å². The summed E-state index contributed by atoms with van der Waals surface area (Å²) in [5.74, 6) is 0.396. The molecule has 7 nitrogen and oxygen atoms in total. The van der Waals surface area contributed by atoms with E-state index in [-0.39, 0.29) is 17.3 Å². The summed E-state index contributed by atoms with van der Waals surface area (Å²) < 4.78 is 16.9. The molecule has 0 unspecified atom stereocenters. The Morgan fingerprint density at radius 2 is 2.00 bits per heavy atom. The van der Waals surface area contributed by atoms with Crippen molar-refractivity contribution < 1.29 is 23.9 Å². The lowest BCUT2D eigenvalue weighted by molar-refractivity contribution is -0.384. The van der Waals surface area contributed by atoms with Gasteiger partial charge in [-0.05, 0) is 30.3 Å². The highest BCUT2D eigenvalue weighted by atomic mass is 28.4. The molecular weight excluding hydrogens is 366 g/mol. The summed E-state index contributed by atoms with van der Waals surface area (Å²) in [5.41, 5.74) is -0.0289. The molecule has 0 heterocycles. The third kappa shape index (κ3) is 7.41. The fourth-order valence-electron chi connectivity index (χ4n) is 1.96. The van der Waals surface area contributed by atoms with Crippen LogP contribution in [-0.2, 0) is 9.16 Å². The summed E-state index contributed by atoms with van der Waals surface area (Å²) >= 11 is 0. The fourth-order valence-corrected chi connectivity index (χ4v) is 2.98. The van der Waals surface area contributed by atoms with Crippen LogP contribution in [0.15, 0.2) is 36.4 Å². The molecule has 2 atom stereocenters. The Labute approximate surface area is 162 Å². The van der Waals surface area contributed by atoms with E-state index in [1.54, 1.807) is 24.3 Å².